The van der Waals surface area contributed by atoms with Crippen molar-refractivity contribution in [2.45, 2.75) is 147 Å². The van der Waals surface area contributed by atoms with Crippen molar-refractivity contribution in [1.29, 1.82) is 0 Å². The van der Waals surface area contributed by atoms with E-state index in [-0.39, 0.29) is 45.9 Å². The van der Waals surface area contributed by atoms with Gasteiger partial charge < -0.3 is 60.2 Å². The molecule has 2 saturated heterocycles. The van der Waals surface area contributed by atoms with Gasteiger partial charge in [0, 0.05) is 16.2 Å². The fraction of sp³-hybridized carbons (Fsp3) is 0.949. The third kappa shape index (κ3) is 21.4. The highest BCUT2D eigenvalue weighted by Crippen LogP contribution is 2.33. The van der Waals surface area contributed by atoms with Crippen LogP contribution < -0.4 is 0 Å². The van der Waals surface area contributed by atoms with Gasteiger partial charge in [-0.2, -0.15) is 0 Å². The van der Waals surface area contributed by atoms with E-state index in [2.05, 4.69) is 34.6 Å². The molecular weight excluding hydrogens is 692 g/mol. The summed E-state index contributed by atoms with van der Waals surface area (Å²) >= 11 is 0. The van der Waals surface area contributed by atoms with Gasteiger partial charge in [-0.15, -0.1) is 0 Å². The lowest BCUT2D eigenvalue weighted by Gasteiger charge is -2.40. The van der Waals surface area contributed by atoms with Crippen molar-refractivity contribution in [2.75, 3.05) is 46.2 Å². The number of aliphatic hydroxyl groups excluding tert-OH is 7. The van der Waals surface area contributed by atoms with Gasteiger partial charge in [-0.25, -0.2) is 4.79 Å². The molecule has 2 heterocycles. The molecule has 14 heteroatoms. The molecule has 320 valence electrons. The van der Waals surface area contributed by atoms with Gasteiger partial charge in [0.2, 0.25) is 0 Å². The number of carboxylic acid groups (broad SMARTS) is 2. The normalized spacial score (nSPS) is 24.5. The highest BCUT2D eigenvalue weighted by Gasteiger charge is 2.48. The first-order valence-electron chi connectivity index (χ1n) is 18.5. The Morgan fingerprint density at radius 1 is 0.698 bits per heavy atom. The quantitative estimate of drug-likeness (QED) is 0.102. The maximum absolute atomic E-state index is 11.0. The summed E-state index contributed by atoms with van der Waals surface area (Å²) in [5.41, 5.74) is -1.31. The molecule has 0 aromatic heterocycles. The molecule has 0 aromatic carbocycles. The molecule has 4 unspecified atom stereocenters. The highest BCUT2D eigenvalue weighted by atomic mass is 16.7. The zero-order valence-electron chi connectivity index (χ0n) is 34.0. The first-order chi connectivity index (χ1) is 23.7. The summed E-state index contributed by atoms with van der Waals surface area (Å²) in [5, 5.41) is 82.9. The van der Waals surface area contributed by atoms with Crippen molar-refractivity contribution in [3.05, 3.63) is 0 Å². The van der Waals surface area contributed by atoms with E-state index in [0.29, 0.717) is 36.0 Å². The van der Waals surface area contributed by atoms with E-state index in [1.54, 1.807) is 13.8 Å². The molecule has 2 aliphatic heterocycles. The molecular formula is C39H80O14. The smallest absolute Gasteiger partial charge is 0.335 e. The van der Waals surface area contributed by atoms with Crippen LogP contribution in [-0.4, -0.2) is 135 Å². The van der Waals surface area contributed by atoms with Crippen molar-refractivity contribution in [2.24, 2.45) is 45.3 Å². The predicted molar refractivity (Wildman–Crippen MR) is 204 cm³/mol. The molecule has 0 radical (unpaired) electrons. The highest BCUT2D eigenvalue weighted by molar-refractivity contribution is 5.74. The monoisotopic (exact) mass is 773 g/mol. The minimum Gasteiger partial charge on any atom is -0.481 e. The van der Waals surface area contributed by atoms with Crippen molar-refractivity contribution in [3.63, 3.8) is 0 Å². The molecule has 7 atom stereocenters. The lowest BCUT2D eigenvalue weighted by atomic mass is 9.80. The largest absolute Gasteiger partial charge is 0.481 e. The summed E-state index contributed by atoms with van der Waals surface area (Å²) in [4.78, 5) is 21.6. The van der Waals surface area contributed by atoms with Crippen LogP contribution in [0.15, 0.2) is 0 Å². The summed E-state index contributed by atoms with van der Waals surface area (Å²) in [6.07, 6.45) is -4.73. The molecule has 0 saturated carbocycles. The van der Waals surface area contributed by atoms with E-state index in [0.717, 1.165) is 25.6 Å². The number of aliphatic carboxylic acids is 2. The fourth-order valence-electron chi connectivity index (χ4n) is 6.47. The topological polar surface area (TPSA) is 244 Å². The second kappa shape index (κ2) is 25.6. The van der Waals surface area contributed by atoms with Gasteiger partial charge >= 0.3 is 11.9 Å². The van der Waals surface area contributed by atoms with Gasteiger partial charge in [-0.3, -0.25) is 4.79 Å². The summed E-state index contributed by atoms with van der Waals surface area (Å²) in [6, 6.07) is 0. The van der Waals surface area contributed by atoms with E-state index < -0.39 is 53.5 Å². The third-order valence-corrected chi connectivity index (χ3v) is 8.88. The molecule has 0 aromatic rings. The summed E-state index contributed by atoms with van der Waals surface area (Å²) in [7, 11) is 0. The summed E-state index contributed by atoms with van der Waals surface area (Å²) in [6.45, 7) is 25.8. The van der Waals surface area contributed by atoms with E-state index in [1.807, 2.05) is 34.6 Å². The average Bonchev–Trinajstić information content (AvgIpc) is 3.02. The van der Waals surface area contributed by atoms with Crippen LogP contribution in [0.2, 0.25) is 0 Å². The van der Waals surface area contributed by atoms with Crippen molar-refractivity contribution >= 4 is 11.9 Å². The molecule has 53 heavy (non-hydrogen) atoms. The molecule has 0 bridgehead atoms. The number of hydrogen-bond acceptors (Lipinski definition) is 12. The average molecular weight is 773 g/mol. The Morgan fingerprint density at radius 3 is 1.38 bits per heavy atom. The Bertz CT molecular complexity index is 981. The number of carbonyl (C=O) groups is 2. The lowest BCUT2D eigenvalue weighted by Crippen LogP contribution is -2.60. The van der Waals surface area contributed by atoms with Crippen LogP contribution in [0.5, 0.6) is 0 Å². The summed E-state index contributed by atoms with van der Waals surface area (Å²) in [5.74, 6) is -0.434. The Morgan fingerprint density at radius 2 is 1.13 bits per heavy atom. The number of ether oxygens (including phenoxy) is 3. The SMILES string of the molecule is C.CC(C)CC(C)(CO)C(=O)O.CC(C)CC(C)(CO)CO.CC(C)CC(C)(CO)COC1OC(C(=O)O)[C@@H](O)[C@H](O)[C@@H]1O.CC(C)CC1(C)COC1. The van der Waals surface area contributed by atoms with Crippen LogP contribution in [0.4, 0.5) is 0 Å². The van der Waals surface area contributed by atoms with E-state index in [9.17, 15) is 30.0 Å². The second-order valence-corrected chi connectivity index (χ2v) is 17.9. The zero-order chi connectivity index (χ0) is 41.3. The number of aliphatic hydroxyl groups is 7. The third-order valence-electron chi connectivity index (χ3n) is 8.88. The van der Waals surface area contributed by atoms with Crippen LogP contribution in [-0.2, 0) is 23.8 Å². The van der Waals surface area contributed by atoms with Gasteiger partial charge in [-0.1, -0.05) is 83.6 Å². The van der Waals surface area contributed by atoms with Crippen molar-refractivity contribution < 1.29 is 69.8 Å². The predicted octanol–water partition coefficient (Wildman–Crippen LogP) is 3.78. The van der Waals surface area contributed by atoms with Gasteiger partial charge in [0.05, 0.1) is 51.7 Å². The van der Waals surface area contributed by atoms with E-state index in [4.69, 9.17) is 39.7 Å². The maximum atomic E-state index is 11.0. The molecule has 0 spiro atoms. The summed E-state index contributed by atoms with van der Waals surface area (Å²) < 4.78 is 15.5. The zero-order valence-corrected chi connectivity index (χ0v) is 34.0. The van der Waals surface area contributed by atoms with Crippen LogP contribution in [0, 0.1) is 45.3 Å². The van der Waals surface area contributed by atoms with Crippen LogP contribution in [0.1, 0.15) is 116 Å². The van der Waals surface area contributed by atoms with Gasteiger partial charge in [0.1, 0.15) is 18.3 Å². The Labute approximate surface area is 319 Å². The minimum absolute atomic E-state index is 0. The van der Waals surface area contributed by atoms with Crippen LogP contribution in [0.25, 0.3) is 0 Å². The van der Waals surface area contributed by atoms with Crippen molar-refractivity contribution in [1.82, 2.24) is 0 Å². The van der Waals surface area contributed by atoms with Gasteiger partial charge in [0.25, 0.3) is 0 Å². The minimum atomic E-state index is -1.74. The van der Waals surface area contributed by atoms with E-state index in [1.165, 1.54) is 6.42 Å². The number of hydrogen-bond donors (Lipinski definition) is 9. The van der Waals surface area contributed by atoms with Crippen molar-refractivity contribution in [3.8, 4) is 0 Å². The van der Waals surface area contributed by atoms with Gasteiger partial charge in [0.15, 0.2) is 12.4 Å². The Balaban J connectivity index is -0.000000681. The standard InChI is InChI=1S/C14H26O8.C8H16O3.C8H18O2.C8H16O.CH4/c1-7(2)4-14(3,5-15)6-21-13-10(18)8(16)9(17)11(22-13)12(19)20;1-6(2)4-8(3,5-9)7(10)11;1-7(2)4-8(3,5-9)6-10;1-7(2)4-8(3)5-9-6-8;/h7-11,13,15-18H,4-6H2,1-3H3,(H,19,20);6,9H,4-5H2,1-3H3,(H,10,11);7,9-10H,4-6H2,1-3H3;7H,4-6H2,1-3H3;1H4/t8-,9-,10-,11?,13?,14?;;;;/m0..../s1. The molecule has 2 rings (SSSR count). The molecule has 0 aliphatic carbocycles. The first kappa shape index (κ1) is 55.9. The second-order valence-electron chi connectivity index (χ2n) is 17.9. The Hall–Kier alpha value is -1.46. The molecule has 9 N–H and O–H groups in total. The lowest BCUT2D eigenvalue weighted by molar-refractivity contribution is -0.299. The van der Waals surface area contributed by atoms with Crippen LogP contribution in [0.3, 0.4) is 0 Å². The number of carboxylic acids is 2. The number of rotatable bonds is 17. The van der Waals surface area contributed by atoms with E-state index >= 15 is 0 Å². The first-order valence-corrected chi connectivity index (χ1v) is 18.5. The molecule has 2 fully saturated rings. The molecule has 0 amide bonds. The molecule has 2 aliphatic rings. The van der Waals surface area contributed by atoms with Gasteiger partial charge in [-0.05, 0) is 56.3 Å². The molecule has 14 nitrogen and oxygen atoms in total. The van der Waals surface area contributed by atoms with Crippen LogP contribution >= 0.6 is 0 Å². The fourth-order valence-corrected chi connectivity index (χ4v) is 6.47. The Kier molecular flexibility index (Phi) is 27.0. The maximum Gasteiger partial charge on any atom is 0.335 e.